The molecule has 17 heavy (non-hydrogen) atoms. The van der Waals surface area contributed by atoms with Crippen LogP contribution in [0, 0.1) is 0 Å². The van der Waals surface area contributed by atoms with Crippen molar-refractivity contribution >= 4 is 21.7 Å². The molecule has 0 aliphatic heterocycles. The number of rotatable bonds is 5. The summed E-state index contributed by atoms with van der Waals surface area (Å²) < 4.78 is 25.6. The highest BCUT2D eigenvalue weighted by Crippen LogP contribution is 2.17. The lowest BCUT2D eigenvalue weighted by Gasteiger charge is -2.13. The fourth-order valence-corrected chi connectivity index (χ4v) is 2.12. The normalized spacial score (nSPS) is 13.1. The number of hydrogen-bond donors (Lipinski definition) is 3. The average molecular weight is 258 g/mol. The second kappa shape index (κ2) is 5.15. The van der Waals surface area contributed by atoms with E-state index in [-0.39, 0.29) is 6.54 Å². The van der Waals surface area contributed by atoms with Gasteiger partial charge in [0.1, 0.15) is 0 Å². The number of sulfonamides is 1. The quantitative estimate of drug-likeness (QED) is 0.706. The highest BCUT2D eigenvalue weighted by atomic mass is 32.2. The zero-order valence-corrected chi connectivity index (χ0v) is 10.1. The van der Waals surface area contributed by atoms with Crippen LogP contribution in [0.25, 0.3) is 0 Å². The second-order valence-electron chi connectivity index (χ2n) is 3.49. The van der Waals surface area contributed by atoms with Crippen LogP contribution in [0.2, 0.25) is 0 Å². The molecule has 1 aromatic carbocycles. The SMILES string of the molecule is CC(C(=O)O)S(=O)(=O)Nc1ccccc1CN. The van der Waals surface area contributed by atoms with Gasteiger partial charge < -0.3 is 10.8 Å². The molecular weight excluding hydrogens is 244 g/mol. The first-order chi connectivity index (χ1) is 7.88. The zero-order valence-electron chi connectivity index (χ0n) is 9.25. The van der Waals surface area contributed by atoms with Crippen LogP contribution < -0.4 is 10.5 Å². The molecule has 0 aromatic heterocycles. The lowest BCUT2D eigenvalue weighted by Crippen LogP contribution is -2.32. The predicted molar refractivity (Wildman–Crippen MR) is 64.0 cm³/mol. The molecular formula is C10H14N2O4S. The van der Waals surface area contributed by atoms with E-state index < -0.39 is 21.2 Å². The van der Waals surface area contributed by atoms with Crippen LogP contribution in [0.4, 0.5) is 5.69 Å². The summed E-state index contributed by atoms with van der Waals surface area (Å²) in [6.45, 7) is 1.27. The number of carboxylic acids is 1. The van der Waals surface area contributed by atoms with Gasteiger partial charge in [-0.1, -0.05) is 18.2 Å². The average Bonchev–Trinajstić information content (AvgIpc) is 2.28. The van der Waals surface area contributed by atoms with Gasteiger partial charge in [-0.3, -0.25) is 9.52 Å². The van der Waals surface area contributed by atoms with Gasteiger partial charge in [-0.2, -0.15) is 0 Å². The Morgan fingerprint density at radius 2 is 2.06 bits per heavy atom. The van der Waals surface area contributed by atoms with Gasteiger partial charge in [-0.25, -0.2) is 8.42 Å². The van der Waals surface area contributed by atoms with E-state index in [1.54, 1.807) is 18.2 Å². The lowest BCUT2D eigenvalue weighted by molar-refractivity contribution is -0.136. The first-order valence-electron chi connectivity index (χ1n) is 4.91. The Labute approximate surface area is 99.5 Å². The van der Waals surface area contributed by atoms with Crippen LogP contribution in [0.15, 0.2) is 24.3 Å². The summed E-state index contributed by atoms with van der Waals surface area (Å²) in [5, 5.41) is 7.16. The van der Waals surface area contributed by atoms with E-state index in [2.05, 4.69) is 4.72 Å². The molecule has 0 heterocycles. The number of carboxylic acid groups (broad SMARTS) is 1. The molecule has 6 nitrogen and oxygen atoms in total. The van der Waals surface area contributed by atoms with E-state index in [9.17, 15) is 13.2 Å². The molecule has 0 aliphatic rings. The van der Waals surface area contributed by atoms with Gasteiger partial charge in [0.2, 0.25) is 10.0 Å². The number of hydrogen-bond acceptors (Lipinski definition) is 4. The first kappa shape index (κ1) is 13.5. The van der Waals surface area contributed by atoms with Crippen molar-refractivity contribution in [3.05, 3.63) is 29.8 Å². The third-order valence-electron chi connectivity index (χ3n) is 2.30. The van der Waals surface area contributed by atoms with Crippen molar-refractivity contribution < 1.29 is 18.3 Å². The van der Waals surface area contributed by atoms with E-state index in [0.29, 0.717) is 11.3 Å². The molecule has 0 radical (unpaired) electrons. The zero-order chi connectivity index (χ0) is 13.1. The topological polar surface area (TPSA) is 109 Å². The molecule has 0 fully saturated rings. The molecule has 4 N–H and O–H groups in total. The van der Waals surface area contributed by atoms with Gasteiger partial charge in [-0.15, -0.1) is 0 Å². The molecule has 1 aromatic rings. The van der Waals surface area contributed by atoms with Crippen LogP contribution in [0.1, 0.15) is 12.5 Å². The van der Waals surface area contributed by atoms with E-state index in [4.69, 9.17) is 10.8 Å². The molecule has 1 unspecified atom stereocenters. The summed E-state index contributed by atoms with van der Waals surface area (Å²) in [5.74, 6) is -1.40. The first-order valence-corrected chi connectivity index (χ1v) is 6.45. The molecule has 0 bridgehead atoms. The van der Waals surface area contributed by atoms with E-state index in [0.717, 1.165) is 6.92 Å². The molecule has 0 spiro atoms. The standard InChI is InChI=1S/C10H14N2O4S/c1-7(10(13)14)17(15,16)12-9-5-3-2-4-8(9)6-11/h2-5,7,12H,6,11H2,1H3,(H,13,14). The van der Waals surface area contributed by atoms with Crippen molar-refractivity contribution in [1.82, 2.24) is 0 Å². The predicted octanol–water partition coefficient (Wildman–Crippen LogP) is 0.360. The third kappa shape index (κ3) is 3.18. The number of benzene rings is 1. The number of para-hydroxylation sites is 1. The monoisotopic (exact) mass is 258 g/mol. The van der Waals surface area contributed by atoms with Crippen LogP contribution in [-0.2, 0) is 21.4 Å². The van der Waals surface area contributed by atoms with E-state index in [1.165, 1.54) is 6.07 Å². The van der Waals surface area contributed by atoms with Gasteiger partial charge in [-0.05, 0) is 18.6 Å². The summed E-state index contributed by atoms with van der Waals surface area (Å²) in [7, 11) is -3.95. The highest BCUT2D eigenvalue weighted by Gasteiger charge is 2.27. The third-order valence-corrected chi connectivity index (χ3v) is 3.94. The number of carbonyl (C=O) groups is 1. The number of nitrogens with two attached hydrogens (primary N) is 1. The summed E-state index contributed by atoms with van der Waals surface area (Å²) >= 11 is 0. The Morgan fingerprint density at radius 3 is 2.59 bits per heavy atom. The minimum atomic E-state index is -3.95. The molecule has 94 valence electrons. The minimum Gasteiger partial charge on any atom is -0.480 e. The molecule has 0 aliphatic carbocycles. The van der Waals surface area contributed by atoms with Crippen molar-refractivity contribution in [2.24, 2.45) is 5.73 Å². The minimum absolute atomic E-state index is 0.167. The fraction of sp³-hybridized carbons (Fsp3) is 0.300. The van der Waals surface area contributed by atoms with Crippen molar-refractivity contribution in [3.63, 3.8) is 0 Å². The Balaban J connectivity index is 3.02. The van der Waals surface area contributed by atoms with Crippen LogP contribution in [-0.4, -0.2) is 24.7 Å². The van der Waals surface area contributed by atoms with Crippen LogP contribution in [0.3, 0.4) is 0 Å². The number of aliphatic carboxylic acids is 1. The second-order valence-corrected chi connectivity index (χ2v) is 5.49. The van der Waals surface area contributed by atoms with Crippen molar-refractivity contribution in [1.29, 1.82) is 0 Å². The summed E-state index contributed by atoms with van der Waals surface area (Å²) in [6.07, 6.45) is 0. The van der Waals surface area contributed by atoms with E-state index >= 15 is 0 Å². The van der Waals surface area contributed by atoms with E-state index in [1.807, 2.05) is 0 Å². The van der Waals surface area contributed by atoms with Crippen molar-refractivity contribution in [2.75, 3.05) is 4.72 Å². The summed E-state index contributed by atoms with van der Waals surface area (Å²) in [6, 6.07) is 6.57. The lowest BCUT2D eigenvalue weighted by atomic mass is 10.2. The van der Waals surface area contributed by atoms with Gasteiger partial charge in [0.15, 0.2) is 5.25 Å². The summed E-state index contributed by atoms with van der Waals surface area (Å²) in [4.78, 5) is 10.6. The summed E-state index contributed by atoms with van der Waals surface area (Å²) in [5.41, 5.74) is 6.37. The van der Waals surface area contributed by atoms with Crippen molar-refractivity contribution in [3.8, 4) is 0 Å². The molecule has 0 amide bonds. The maximum Gasteiger partial charge on any atom is 0.323 e. The Hall–Kier alpha value is -1.60. The molecule has 7 heteroatoms. The van der Waals surface area contributed by atoms with Gasteiger partial charge in [0.05, 0.1) is 5.69 Å². The van der Waals surface area contributed by atoms with Gasteiger partial charge in [0, 0.05) is 6.54 Å². The Morgan fingerprint density at radius 1 is 1.47 bits per heavy atom. The number of anilines is 1. The van der Waals surface area contributed by atoms with Crippen LogP contribution >= 0.6 is 0 Å². The molecule has 0 saturated heterocycles. The maximum atomic E-state index is 11.7. The van der Waals surface area contributed by atoms with Gasteiger partial charge >= 0.3 is 5.97 Å². The molecule has 0 saturated carbocycles. The van der Waals surface area contributed by atoms with Crippen LogP contribution in [0.5, 0.6) is 0 Å². The molecule has 1 atom stereocenters. The van der Waals surface area contributed by atoms with Gasteiger partial charge in [0.25, 0.3) is 0 Å². The smallest absolute Gasteiger partial charge is 0.323 e. The Kier molecular flexibility index (Phi) is 4.08. The number of nitrogens with one attached hydrogen (secondary N) is 1. The largest absolute Gasteiger partial charge is 0.480 e. The Bertz CT molecular complexity index is 513. The van der Waals surface area contributed by atoms with Crippen molar-refractivity contribution in [2.45, 2.75) is 18.7 Å². The fourth-order valence-electron chi connectivity index (χ4n) is 1.17. The molecule has 1 rings (SSSR count). The maximum absolute atomic E-state index is 11.7. The highest BCUT2D eigenvalue weighted by molar-refractivity contribution is 7.94.